The molecule has 0 aliphatic rings. The zero-order chi connectivity index (χ0) is 15.1. The van der Waals surface area contributed by atoms with Gasteiger partial charge >= 0.3 is 0 Å². The maximum absolute atomic E-state index is 11.8. The average molecular weight is 285 g/mol. The summed E-state index contributed by atoms with van der Waals surface area (Å²) in [5.41, 5.74) is 0.622. The molecule has 2 N–H and O–H groups in total. The van der Waals surface area contributed by atoms with Crippen molar-refractivity contribution in [3.63, 3.8) is 0 Å². The number of aliphatic hydroxyl groups is 1. The molecule has 0 aliphatic heterocycles. The first kappa shape index (κ1) is 15.1. The van der Waals surface area contributed by atoms with Crippen LogP contribution in [0.1, 0.15) is 19.8 Å². The van der Waals surface area contributed by atoms with Crippen LogP contribution in [0.4, 0.5) is 5.69 Å². The minimum absolute atomic E-state index is 0.139. The van der Waals surface area contributed by atoms with Gasteiger partial charge in [0.05, 0.1) is 11.8 Å². The van der Waals surface area contributed by atoms with E-state index in [0.717, 1.165) is 0 Å². The van der Waals surface area contributed by atoms with Gasteiger partial charge in [-0.25, -0.2) is 0 Å². The third-order valence-electron chi connectivity index (χ3n) is 2.92. The minimum atomic E-state index is -0.480. The fourth-order valence-corrected chi connectivity index (χ4v) is 1.83. The van der Waals surface area contributed by atoms with Crippen LogP contribution in [0.5, 0.6) is 11.5 Å². The van der Waals surface area contributed by atoms with Crippen LogP contribution in [0.25, 0.3) is 0 Å². The molecule has 0 saturated carbocycles. The summed E-state index contributed by atoms with van der Waals surface area (Å²) in [6.45, 7) is 1.67. The molecule has 4 nitrogen and oxygen atoms in total. The number of nitrogens with one attached hydrogen (secondary N) is 1. The van der Waals surface area contributed by atoms with Crippen LogP contribution in [0.15, 0.2) is 54.6 Å². The maximum Gasteiger partial charge on any atom is 0.224 e. The van der Waals surface area contributed by atoms with Crippen molar-refractivity contribution in [2.45, 2.75) is 25.9 Å². The van der Waals surface area contributed by atoms with Crippen LogP contribution < -0.4 is 10.1 Å². The molecule has 110 valence electrons. The monoisotopic (exact) mass is 285 g/mol. The summed E-state index contributed by atoms with van der Waals surface area (Å²) in [7, 11) is 0. The Morgan fingerprint density at radius 1 is 1.14 bits per heavy atom. The highest BCUT2D eigenvalue weighted by molar-refractivity contribution is 5.92. The normalized spacial score (nSPS) is 11.7. The van der Waals surface area contributed by atoms with Crippen LogP contribution in [-0.2, 0) is 4.79 Å². The van der Waals surface area contributed by atoms with Crippen LogP contribution >= 0.6 is 0 Å². The molecule has 0 saturated heterocycles. The van der Waals surface area contributed by atoms with E-state index in [-0.39, 0.29) is 12.3 Å². The number of carbonyl (C=O) groups excluding carboxylic acids is 1. The van der Waals surface area contributed by atoms with E-state index in [4.69, 9.17) is 4.74 Å². The number of hydrogen-bond acceptors (Lipinski definition) is 3. The summed E-state index contributed by atoms with van der Waals surface area (Å²) in [6, 6.07) is 16.7. The van der Waals surface area contributed by atoms with Gasteiger partial charge in [-0.15, -0.1) is 0 Å². The standard InChI is InChI=1S/C17H19NO3/c1-13(19)11-12-17(20)18-15-9-5-6-10-16(15)21-14-7-3-2-4-8-14/h2-10,13,19H,11-12H2,1H3,(H,18,20). The zero-order valence-electron chi connectivity index (χ0n) is 12.0. The summed E-state index contributed by atoms with van der Waals surface area (Å²) in [5.74, 6) is 1.16. The van der Waals surface area contributed by atoms with Crippen molar-refractivity contribution in [3.05, 3.63) is 54.6 Å². The Bertz CT molecular complexity index is 582. The smallest absolute Gasteiger partial charge is 0.224 e. The molecule has 0 aromatic heterocycles. The number of benzene rings is 2. The van der Waals surface area contributed by atoms with Crippen LogP contribution in [0.2, 0.25) is 0 Å². The van der Waals surface area contributed by atoms with Gasteiger partial charge in [0, 0.05) is 6.42 Å². The second kappa shape index (κ2) is 7.45. The number of ether oxygens (including phenoxy) is 1. The van der Waals surface area contributed by atoms with Crippen molar-refractivity contribution >= 4 is 11.6 Å². The van der Waals surface area contributed by atoms with E-state index < -0.39 is 6.10 Å². The Labute approximate surface area is 124 Å². The Balaban J connectivity index is 2.05. The molecule has 4 heteroatoms. The van der Waals surface area contributed by atoms with E-state index in [1.54, 1.807) is 19.1 Å². The average Bonchev–Trinajstić information content (AvgIpc) is 2.48. The van der Waals surface area contributed by atoms with Gasteiger partial charge < -0.3 is 15.2 Å². The SMILES string of the molecule is CC(O)CCC(=O)Nc1ccccc1Oc1ccccc1. The van der Waals surface area contributed by atoms with E-state index >= 15 is 0 Å². The van der Waals surface area contributed by atoms with Crippen molar-refractivity contribution in [2.75, 3.05) is 5.32 Å². The summed E-state index contributed by atoms with van der Waals surface area (Å²) < 4.78 is 5.77. The van der Waals surface area contributed by atoms with Crippen molar-refractivity contribution in [1.82, 2.24) is 0 Å². The number of anilines is 1. The molecule has 1 unspecified atom stereocenters. The summed E-state index contributed by atoms with van der Waals surface area (Å²) in [4.78, 5) is 11.8. The van der Waals surface area contributed by atoms with Gasteiger partial charge in [-0.05, 0) is 37.6 Å². The van der Waals surface area contributed by atoms with Gasteiger partial charge in [-0.2, -0.15) is 0 Å². The maximum atomic E-state index is 11.8. The molecular formula is C17H19NO3. The zero-order valence-corrected chi connectivity index (χ0v) is 12.0. The third-order valence-corrected chi connectivity index (χ3v) is 2.92. The number of hydrogen-bond donors (Lipinski definition) is 2. The number of rotatable bonds is 6. The van der Waals surface area contributed by atoms with Crippen molar-refractivity contribution in [3.8, 4) is 11.5 Å². The molecule has 0 aliphatic carbocycles. The molecule has 2 rings (SSSR count). The highest BCUT2D eigenvalue weighted by Gasteiger charge is 2.09. The van der Waals surface area contributed by atoms with E-state index in [2.05, 4.69) is 5.32 Å². The fourth-order valence-electron chi connectivity index (χ4n) is 1.83. The Morgan fingerprint density at radius 2 is 1.81 bits per heavy atom. The highest BCUT2D eigenvalue weighted by atomic mass is 16.5. The summed E-state index contributed by atoms with van der Waals surface area (Å²) in [6.07, 6.45) is 0.233. The molecule has 0 heterocycles. The second-order valence-corrected chi connectivity index (χ2v) is 4.85. The van der Waals surface area contributed by atoms with Gasteiger partial charge in [0.1, 0.15) is 5.75 Å². The molecule has 0 bridgehead atoms. The predicted octanol–water partition coefficient (Wildman–Crippen LogP) is 3.58. The van der Waals surface area contributed by atoms with Gasteiger partial charge in [0.25, 0.3) is 0 Å². The van der Waals surface area contributed by atoms with Crippen molar-refractivity contribution in [1.29, 1.82) is 0 Å². The largest absolute Gasteiger partial charge is 0.455 e. The quantitative estimate of drug-likeness (QED) is 0.853. The topological polar surface area (TPSA) is 58.6 Å². The first-order valence-corrected chi connectivity index (χ1v) is 6.95. The van der Waals surface area contributed by atoms with Gasteiger partial charge in [-0.1, -0.05) is 30.3 Å². The predicted molar refractivity (Wildman–Crippen MR) is 82.5 cm³/mol. The van der Waals surface area contributed by atoms with E-state index in [1.807, 2.05) is 42.5 Å². The molecule has 1 amide bonds. The minimum Gasteiger partial charge on any atom is -0.455 e. The Hall–Kier alpha value is -2.33. The first-order chi connectivity index (χ1) is 10.1. The van der Waals surface area contributed by atoms with Crippen LogP contribution in [0, 0.1) is 0 Å². The molecule has 21 heavy (non-hydrogen) atoms. The van der Waals surface area contributed by atoms with E-state index in [1.165, 1.54) is 0 Å². The third kappa shape index (κ3) is 4.93. The van der Waals surface area contributed by atoms with E-state index in [0.29, 0.717) is 23.6 Å². The molecule has 2 aromatic rings. The Morgan fingerprint density at radius 3 is 2.52 bits per heavy atom. The lowest BCUT2D eigenvalue weighted by Gasteiger charge is -2.12. The summed E-state index contributed by atoms with van der Waals surface area (Å²) in [5, 5.41) is 12.0. The van der Waals surface area contributed by atoms with Gasteiger partial charge in [0.15, 0.2) is 5.75 Å². The fraction of sp³-hybridized carbons (Fsp3) is 0.235. The number of carbonyl (C=O) groups is 1. The molecule has 0 radical (unpaired) electrons. The second-order valence-electron chi connectivity index (χ2n) is 4.85. The van der Waals surface area contributed by atoms with E-state index in [9.17, 15) is 9.90 Å². The highest BCUT2D eigenvalue weighted by Crippen LogP contribution is 2.29. The molecular weight excluding hydrogens is 266 g/mol. The van der Waals surface area contributed by atoms with Crippen LogP contribution in [-0.4, -0.2) is 17.1 Å². The molecule has 1 atom stereocenters. The number of aliphatic hydroxyl groups excluding tert-OH is 1. The van der Waals surface area contributed by atoms with Gasteiger partial charge in [0.2, 0.25) is 5.91 Å². The molecule has 2 aromatic carbocycles. The lowest BCUT2D eigenvalue weighted by atomic mass is 10.2. The van der Waals surface area contributed by atoms with Gasteiger partial charge in [-0.3, -0.25) is 4.79 Å². The first-order valence-electron chi connectivity index (χ1n) is 6.95. The number of para-hydroxylation sites is 3. The van der Waals surface area contributed by atoms with Crippen molar-refractivity contribution in [2.24, 2.45) is 0 Å². The number of amides is 1. The Kier molecular flexibility index (Phi) is 5.35. The molecule has 0 spiro atoms. The van der Waals surface area contributed by atoms with Crippen molar-refractivity contribution < 1.29 is 14.6 Å². The lowest BCUT2D eigenvalue weighted by molar-refractivity contribution is -0.116. The molecule has 0 fully saturated rings. The van der Waals surface area contributed by atoms with Crippen LogP contribution in [0.3, 0.4) is 0 Å². The summed E-state index contributed by atoms with van der Waals surface area (Å²) >= 11 is 0. The lowest BCUT2D eigenvalue weighted by Crippen LogP contribution is -2.14.